The van der Waals surface area contributed by atoms with Crippen molar-refractivity contribution >= 4 is 15.8 Å². The summed E-state index contributed by atoms with van der Waals surface area (Å²) in [6.45, 7) is 0. The number of sulfone groups is 1. The van der Waals surface area contributed by atoms with Crippen LogP contribution in [0.15, 0.2) is 24.3 Å². The molecule has 1 aliphatic heterocycles. The van der Waals surface area contributed by atoms with Gasteiger partial charge < -0.3 is 14.6 Å². The molecule has 0 aliphatic carbocycles. The van der Waals surface area contributed by atoms with Crippen LogP contribution < -0.4 is 9.47 Å². The van der Waals surface area contributed by atoms with Gasteiger partial charge in [-0.2, -0.15) is 5.10 Å². The number of aryl methyl sites for hydroxylation is 1. The van der Waals surface area contributed by atoms with Crippen molar-refractivity contribution in [1.29, 1.82) is 0 Å². The van der Waals surface area contributed by atoms with Gasteiger partial charge >= 0.3 is 5.97 Å². The Hall–Kier alpha value is -2.55. The highest BCUT2D eigenvalue weighted by molar-refractivity contribution is 7.92. The highest BCUT2D eigenvalue weighted by atomic mass is 32.2. The van der Waals surface area contributed by atoms with E-state index in [-0.39, 0.29) is 17.2 Å². The summed E-state index contributed by atoms with van der Waals surface area (Å²) in [6, 6.07) is 6.59. The van der Waals surface area contributed by atoms with Crippen LogP contribution >= 0.6 is 0 Å². The molecule has 128 valence electrons. The Kier molecular flexibility index (Phi) is 3.96. The minimum atomic E-state index is -2.99. The van der Waals surface area contributed by atoms with Crippen molar-refractivity contribution < 1.29 is 27.8 Å². The van der Waals surface area contributed by atoms with Crippen molar-refractivity contribution in [2.75, 3.05) is 18.6 Å². The normalized spacial score (nSPS) is 16.4. The third kappa shape index (κ3) is 3.07. The van der Waals surface area contributed by atoms with Crippen LogP contribution in [0.4, 0.5) is 0 Å². The monoisotopic (exact) mass is 352 g/mol. The lowest BCUT2D eigenvalue weighted by atomic mass is 10.1. The Labute approximate surface area is 138 Å². The highest BCUT2D eigenvalue weighted by Gasteiger charge is 2.35. The van der Waals surface area contributed by atoms with Crippen LogP contribution in [0.5, 0.6) is 11.5 Å². The van der Waals surface area contributed by atoms with Crippen LogP contribution in [0.25, 0.3) is 11.3 Å². The van der Waals surface area contributed by atoms with E-state index < -0.39 is 21.9 Å². The van der Waals surface area contributed by atoms with Crippen molar-refractivity contribution in [3.63, 3.8) is 0 Å². The van der Waals surface area contributed by atoms with Crippen molar-refractivity contribution in [1.82, 2.24) is 9.78 Å². The fourth-order valence-electron chi connectivity index (χ4n) is 2.54. The van der Waals surface area contributed by atoms with Gasteiger partial charge in [0.15, 0.2) is 27.0 Å². The number of aromatic nitrogens is 2. The number of carboxylic acid groups (broad SMARTS) is 1. The van der Waals surface area contributed by atoms with Crippen molar-refractivity contribution in [2.24, 2.45) is 7.05 Å². The third-order valence-corrected chi connectivity index (χ3v) is 5.49. The second-order valence-corrected chi connectivity index (χ2v) is 7.68. The Balaban J connectivity index is 1.93. The number of carboxylic acids is 1. The molecular weight excluding hydrogens is 336 g/mol. The maximum absolute atomic E-state index is 11.3. The fourth-order valence-corrected chi connectivity index (χ4v) is 3.71. The van der Waals surface area contributed by atoms with Crippen LogP contribution in [-0.4, -0.2) is 54.0 Å². The standard InChI is InChI=1S/C15H16N2O6S/c1-17-12(6-11(16-17)15(18)19)9-3-4-13(22-2)14(5-9)23-10-7-24(20,21)8-10/h3-6,10H,7-8H2,1-2H3,(H,18,19). The summed E-state index contributed by atoms with van der Waals surface area (Å²) in [5.41, 5.74) is 1.23. The largest absolute Gasteiger partial charge is 0.493 e. The van der Waals surface area contributed by atoms with E-state index in [4.69, 9.17) is 14.6 Å². The van der Waals surface area contributed by atoms with E-state index in [1.165, 1.54) is 17.9 Å². The number of hydrogen-bond donors (Lipinski definition) is 1. The Morgan fingerprint density at radius 1 is 1.29 bits per heavy atom. The van der Waals surface area contributed by atoms with Gasteiger partial charge in [0.05, 0.1) is 24.3 Å². The summed E-state index contributed by atoms with van der Waals surface area (Å²) in [4.78, 5) is 11.0. The molecule has 24 heavy (non-hydrogen) atoms. The lowest BCUT2D eigenvalue weighted by molar-refractivity contribution is 0.0689. The SMILES string of the molecule is COc1ccc(-c2cc(C(=O)O)nn2C)cc1OC1CS(=O)(=O)C1. The smallest absolute Gasteiger partial charge is 0.356 e. The molecule has 0 bridgehead atoms. The molecule has 1 aromatic carbocycles. The molecule has 8 nitrogen and oxygen atoms in total. The van der Waals surface area contributed by atoms with Gasteiger partial charge in [0, 0.05) is 12.6 Å². The van der Waals surface area contributed by atoms with Crippen LogP contribution in [-0.2, 0) is 16.9 Å². The first-order valence-electron chi connectivity index (χ1n) is 7.12. The van der Waals surface area contributed by atoms with E-state index in [0.717, 1.165) is 0 Å². The molecule has 1 aromatic heterocycles. The molecule has 1 N–H and O–H groups in total. The van der Waals surface area contributed by atoms with Crippen molar-refractivity contribution in [3.05, 3.63) is 30.0 Å². The van der Waals surface area contributed by atoms with Gasteiger partial charge in [-0.1, -0.05) is 0 Å². The fraction of sp³-hybridized carbons (Fsp3) is 0.333. The minimum absolute atomic E-state index is 0.0186. The maximum Gasteiger partial charge on any atom is 0.356 e. The molecule has 0 spiro atoms. The Morgan fingerprint density at radius 2 is 2.00 bits per heavy atom. The number of rotatable bonds is 5. The quantitative estimate of drug-likeness (QED) is 0.854. The first-order valence-corrected chi connectivity index (χ1v) is 8.94. The predicted octanol–water partition coefficient (Wildman–Crippen LogP) is 0.970. The second-order valence-electron chi connectivity index (χ2n) is 5.53. The molecule has 0 amide bonds. The van der Waals surface area contributed by atoms with Gasteiger partial charge in [-0.05, 0) is 24.3 Å². The molecule has 0 atom stereocenters. The first-order chi connectivity index (χ1) is 11.3. The van der Waals surface area contributed by atoms with Crippen LogP contribution in [0.1, 0.15) is 10.5 Å². The van der Waals surface area contributed by atoms with Gasteiger partial charge in [0.1, 0.15) is 6.10 Å². The first kappa shape index (κ1) is 16.3. The maximum atomic E-state index is 11.3. The summed E-state index contributed by atoms with van der Waals surface area (Å²) in [5.74, 6) is -0.261. The molecule has 1 fully saturated rings. The Morgan fingerprint density at radius 3 is 2.54 bits per heavy atom. The van der Waals surface area contributed by atoms with Gasteiger partial charge in [-0.3, -0.25) is 4.68 Å². The lowest BCUT2D eigenvalue weighted by Crippen LogP contribution is -2.45. The van der Waals surface area contributed by atoms with Crippen molar-refractivity contribution in [2.45, 2.75) is 6.10 Å². The van der Waals surface area contributed by atoms with Crippen LogP contribution in [0.2, 0.25) is 0 Å². The molecular formula is C15H16N2O6S. The zero-order valence-corrected chi connectivity index (χ0v) is 13.9. The van der Waals surface area contributed by atoms with E-state index in [1.54, 1.807) is 25.2 Å². The molecule has 1 saturated heterocycles. The van der Waals surface area contributed by atoms with Gasteiger partial charge in [-0.15, -0.1) is 0 Å². The number of benzene rings is 1. The second kappa shape index (κ2) is 5.82. The zero-order chi connectivity index (χ0) is 17.5. The van der Waals surface area contributed by atoms with E-state index >= 15 is 0 Å². The van der Waals surface area contributed by atoms with Crippen molar-refractivity contribution in [3.8, 4) is 22.8 Å². The van der Waals surface area contributed by atoms with Gasteiger partial charge in [0.25, 0.3) is 0 Å². The number of carbonyl (C=O) groups is 1. The van der Waals surface area contributed by atoms with Gasteiger partial charge in [-0.25, -0.2) is 13.2 Å². The minimum Gasteiger partial charge on any atom is -0.493 e. The Bertz CT molecular complexity index is 891. The van der Waals surface area contributed by atoms with Gasteiger partial charge in [0.2, 0.25) is 0 Å². The predicted molar refractivity (Wildman–Crippen MR) is 85.2 cm³/mol. The number of ether oxygens (including phenoxy) is 2. The molecule has 0 radical (unpaired) electrons. The van der Waals surface area contributed by atoms with E-state index in [1.807, 2.05) is 0 Å². The number of nitrogens with zero attached hydrogens (tertiary/aromatic N) is 2. The topological polar surface area (TPSA) is 108 Å². The summed E-state index contributed by atoms with van der Waals surface area (Å²) in [7, 11) is 0.145. The van der Waals surface area contributed by atoms with E-state index in [9.17, 15) is 13.2 Å². The summed E-state index contributed by atoms with van der Waals surface area (Å²) >= 11 is 0. The average molecular weight is 352 g/mol. The summed E-state index contributed by atoms with van der Waals surface area (Å²) < 4.78 is 34.9. The molecule has 2 aromatic rings. The van der Waals surface area contributed by atoms with E-state index in [0.29, 0.717) is 22.8 Å². The zero-order valence-electron chi connectivity index (χ0n) is 13.1. The number of aromatic carboxylic acids is 1. The van der Waals surface area contributed by atoms with Crippen LogP contribution in [0, 0.1) is 0 Å². The third-order valence-electron chi connectivity index (χ3n) is 3.73. The summed E-state index contributed by atoms with van der Waals surface area (Å²) in [5, 5.41) is 13.0. The molecule has 2 heterocycles. The highest BCUT2D eigenvalue weighted by Crippen LogP contribution is 2.34. The number of hydrogen-bond acceptors (Lipinski definition) is 6. The molecule has 9 heteroatoms. The number of methoxy groups -OCH3 is 1. The van der Waals surface area contributed by atoms with E-state index in [2.05, 4.69) is 5.10 Å². The molecule has 3 rings (SSSR count). The molecule has 0 saturated carbocycles. The van der Waals surface area contributed by atoms with Crippen LogP contribution in [0.3, 0.4) is 0 Å². The average Bonchev–Trinajstić information content (AvgIpc) is 2.87. The molecule has 1 aliphatic rings. The lowest BCUT2D eigenvalue weighted by Gasteiger charge is -2.27. The summed E-state index contributed by atoms with van der Waals surface area (Å²) in [6.07, 6.45) is -0.403. The molecule has 0 unspecified atom stereocenters.